The number of carbonyl (C=O) groups is 1. The lowest BCUT2D eigenvalue weighted by molar-refractivity contribution is -0.137. The molecular formula is C17H24N2O. The highest BCUT2D eigenvalue weighted by Crippen LogP contribution is 2.25. The van der Waals surface area contributed by atoms with Crippen LogP contribution in [-0.2, 0) is 17.6 Å². The number of aryl methyl sites for hydroxylation is 1. The zero-order valence-electron chi connectivity index (χ0n) is 12.3. The van der Waals surface area contributed by atoms with E-state index in [1.807, 2.05) is 11.9 Å². The summed E-state index contributed by atoms with van der Waals surface area (Å²) in [4.78, 5) is 14.6. The first-order valence-electron chi connectivity index (χ1n) is 7.80. The summed E-state index contributed by atoms with van der Waals surface area (Å²) in [6, 6.07) is 9.02. The summed E-state index contributed by atoms with van der Waals surface area (Å²) < 4.78 is 0. The Bertz CT molecular complexity index is 480. The maximum absolute atomic E-state index is 12.6. The minimum Gasteiger partial charge on any atom is -0.342 e. The van der Waals surface area contributed by atoms with Gasteiger partial charge in [0.2, 0.25) is 5.91 Å². The van der Waals surface area contributed by atoms with Crippen molar-refractivity contribution < 1.29 is 4.79 Å². The van der Waals surface area contributed by atoms with Crippen LogP contribution in [0.1, 0.15) is 30.4 Å². The van der Waals surface area contributed by atoms with E-state index in [9.17, 15) is 4.79 Å². The highest BCUT2D eigenvalue weighted by atomic mass is 16.2. The lowest BCUT2D eigenvalue weighted by Crippen LogP contribution is -2.47. The van der Waals surface area contributed by atoms with Crippen LogP contribution < -0.4 is 5.32 Å². The molecule has 1 aromatic carbocycles. The molecule has 2 aliphatic rings. The number of fused-ring (bicyclic) bond motifs is 1. The number of nitrogens with one attached hydrogen (secondary N) is 1. The van der Waals surface area contributed by atoms with Crippen molar-refractivity contribution >= 4 is 5.91 Å². The van der Waals surface area contributed by atoms with Gasteiger partial charge in [0.05, 0.1) is 5.92 Å². The summed E-state index contributed by atoms with van der Waals surface area (Å²) in [5.41, 5.74) is 2.88. The second-order valence-electron chi connectivity index (χ2n) is 6.16. The van der Waals surface area contributed by atoms with Crippen LogP contribution in [0.4, 0.5) is 0 Å². The van der Waals surface area contributed by atoms with Crippen LogP contribution >= 0.6 is 0 Å². The number of amides is 1. The Morgan fingerprint density at radius 1 is 1.25 bits per heavy atom. The predicted octanol–water partition coefficient (Wildman–Crippen LogP) is 2.00. The van der Waals surface area contributed by atoms with Crippen LogP contribution in [0.5, 0.6) is 0 Å². The maximum atomic E-state index is 12.6. The van der Waals surface area contributed by atoms with E-state index in [2.05, 4.69) is 29.6 Å². The van der Waals surface area contributed by atoms with E-state index in [0.29, 0.717) is 11.9 Å². The van der Waals surface area contributed by atoms with Crippen LogP contribution in [0.2, 0.25) is 0 Å². The van der Waals surface area contributed by atoms with Gasteiger partial charge in [-0.25, -0.2) is 0 Å². The molecule has 20 heavy (non-hydrogen) atoms. The van der Waals surface area contributed by atoms with Gasteiger partial charge >= 0.3 is 0 Å². The summed E-state index contributed by atoms with van der Waals surface area (Å²) in [6.07, 6.45) is 5.37. The van der Waals surface area contributed by atoms with Crippen molar-refractivity contribution in [2.75, 3.05) is 20.1 Å². The number of hydrogen-bond donors (Lipinski definition) is 1. The molecular weight excluding hydrogens is 248 g/mol. The predicted molar refractivity (Wildman–Crippen MR) is 80.6 cm³/mol. The van der Waals surface area contributed by atoms with Gasteiger partial charge in [-0.05, 0) is 49.8 Å². The molecule has 0 bridgehead atoms. The number of nitrogens with zero attached hydrogens (tertiary/aromatic N) is 1. The summed E-state index contributed by atoms with van der Waals surface area (Å²) in [5.74, 6) is 0.521. The monoisotopic (exact) mass is 272 g/mol. The molecule has 0 aromatic heterocycles. The molecule has 1 aliphatic carbocycles. The number of hydrogen-bond acceptors (Lipinski definition) is 2. The van der Waals surface area contributed by atoms with E-state index in [1.54, 1.807) is 0 Å². The van der Waals surface area contributed by atoms with Gasteiger partial charge in [-0.2, -0.15) is 0 Å². The molecule has 1 N–H and O–H groups in total. The summed E-state index contributed by atoms with van der Waals surface area (Å²) >= 11 is 0. The van der Waals surface area contributed by atoms with Gasteiger partial charge < -0.3 is 10.2 Å². The molecule has 1 fully saturated rings. The van der Waals surface area contributed by atoms with E-state index < -0.39 is 0 Å². The smallest absolute Gasteiger partial charge is 0.226 e. The summed E-state index contributed by atoms with van der Waals surface area (Å²) in [7, 11) is 2.00. The van der Waals surface area contributed by atoms with Crippen molar-refractivity contribution in [2.24, 2.45) is 5.92 Å². The number of benzene rings is 1. The number of piperidine rings is 1. The zero-order chi connectivity index (χ0) is 13.9. The van der Waals surface area contributed by atoms with Crippen LogP contribution in [-0.4, -0.2) is 37.0 Å². The molecule has 2 unspecified atom stereocenters. The minimum atomic E-state index is 0.186. The van der Waals surface area contributed by atoms with E-state index in [4.69, 9.17) is 0 Å². The SMILES string of the molecule is CN(C(=O)C1CCCNC1)C1CCc2ccccc2C1. The highest BCUT2D eigenvalue weighted by molar-refractivity contribution is 5.79. The van der Waals surface area contributed by atoms with Crippen molar-refractivity contribution in [3.8, 4) is 0 Å². The van der Waals surface area contributed by atoms with Gasteiger partial charge in [0.15, 0.2) is 0 Å². The van der Waals surface area contributed by atoms with Gasteiger partial charge in [0.1, 0.15) is 0 Å². The molecule has 0 saturated carbocycles. The molecule has 2 atom stereocenters. The van der Waals surface area contributed by atoms with Crippen molar-refractivity contribution in [3.05, 3.63) is 35.4 Å². The Morgan fingerprint density at radius 2 is 2.05 bits per heavy atom. The topological polar surface area (TPSA) is 32.3 Å². The minimum absolute atomic E-state index is 0.186. The molecule has 3 nitrogen and oxygen atoms in total. The van der Waals surface area contributed by atoms with Crippen molar-refractivity contribution in [1.82, 2.24) is 10.2 Å². The van der Waals surface area contributed by atoms with Crippen LogP contribution in [0.3, 0.4) is 0 Å². The molecule has 3 heteroatoms. The van der Waals surface area contributed by atoms with Crippen molar-refractivity contribution in [3.63, 3.8) is 0 Å². The van der Waals surface area contributed by atoms with Gasteiger partial charge in [-0.15, -0.1) is 0 Å². The third kappa shape index (κ3) is 2.73. The average Bonchev–Trinajstić information content (AvgIpc) is 2.54. The molecule has 1 aliphatic heterocycles. The second-order valence-corrected chi connectivity index (χ2v) is 6.16. The normalized spacial score (nSPS) is 25.9. The first-order chi connectivity index (χ1) is 9.75. The van der Waals surface area contributed by atoms with E-state index >= 15 is 0 Å². The Hall–Kier alpha value is -1.35. The molecule has 0 spiro atoms. The van der Waals surface area contributed by atoms with Crippen LogP contribution in [0.25, 0.3) is 0 Å². The number of carbonyl (C=O) groups excluding carboxylic acids is 1. The fourth-order valence-corrected chi connectivity index (χ4v) is 3.54. The van der Waals surface area contributed by atoms with Crippen LogP contribution in [0, 0.1) is 5.92 Å². The van der Waals surface area contributed by atoms with E-state index in [1.165, 1.54) is 11.1 Å². The van der Waals surface area contributed by atoms with E-state index in [-0.39, 0.29) is 5.92 Å². The Labute approximate surface area is 121 Å². The summed E-state index contributed by atoms with van der Waals surface area (Å²) in [5, 5.41) is 3.34. The zero-order valence-corrected chi connectivity index (χ0v) is 12.3. The van der Waals surface area contributed by atoms with Crippen LogP contribution in [0.15, 0.2) is 24.3 Å². The van der Waals surface area contributed by atoms with Gasteiger partial charge in [0, 0.05) is 19.6 Å². The Kier molecular flexibility index (Phi) is 4.06. The van der Waals surface area contributed by atoms with Crippen molar-refractivity contribution in [1.29, 1.82) is 0 Å². The lowest BCUT2D eigenvalue weighted by atomic mass is 9.87. The van der Waals surface area contributed by atoms with Gasteiger partial charge in [-0.1, -0.05) is 24.3 Å². The third-order valence-corrected chi connectivity index (χ3v) is 4.86. The Morgan fingerprint density at radius 3 is 2.80 bits per heavy atom. The molecule has 1 saturated heterocycles. The largest absolute Gasteiger partial charge is 0.342 e. The van der Waals surface area contributed by atoms with Crippen molar-refractivity contribution in [2.45, 2.75) is 38.1 Å². The fraction of sp³-hybridized carbons (Fsp3) is 0.588. The quantitative estimate of drug-likeness (QED) is 0.893. The summed E-state index contributed by atoms with van der Waals surface area (Å²) in [6.45, 7) is 1.91. The molecule has 0 radical (unpaired) electrons. The second kappa shape index (κ2) is 5.96. The number of likely N-dealkylation sites (N-methyl/N-ethyl adjacent to an activating group) is 1. The average molecular weight is 272 g/mol. The lowest BCUT2D eigenvalue weighted by Gasteiger charge is -2.35. The Balaban J connectivity index is 1.66. The molecule has 1 amide bonds. The maximum Gasteiger partial charge on any atom is 0.226 e. The highest BCUT2D eigenvalue weighted by Gasteiger charge is 2.29. The standard InChI is InChI=1S/C17H24N2O/c1-19(17(20)15-7-4-10-18-12-15)16-9-8-13-5-2-3-6-14(13)11-16/h2-3,5-6,15-16,18H,4,7-12H2,1H3. The first kappa shape index (κ1) is 13.6. The van der Waals surface area contributed by atoms with Gasteiger partial charge in [-0.3, -0.25) is 4.79 Å². The molecule has 1 heterocycles. The number of rotatable bonds is 2. The molecule has 108 valence electrons. The van der Waals surface area contributed by atoms with Gasteiger partial charge in [0.25, 0.3) is 0 Å². The molecule has 3 rings (SSSR count). The van der Waals surface area contributed by atoms with E-state index in [0.717, 1.165) is 45.2 Å². The fourth-order valence-electron chi connectivity index (χ4n) is 3.54. The third-order valence-electron chi connectivity index (χ3n) is 4.86. The first-order valence-corrected chi connectivity index (χ1v) is 7.80. The molecule has 1 aromatic rings.